The standard InChI is InChI=1S/C18H22N4O2/c1-12(2)10-15(19)18(24)21-14-7-5-6-13(11-14)17(23)22-16-8-3-4-9-20-16/h3-9,11-12,15H,10,19H2,1-2H3,(H,21,24)(H,20,22,23)/t15-/m0/s1. The normalized spacial score (nSPS) is 11.8. The molecule has 0 saturated carbocycles. The van der Waals surface area contributed by atoms with Gasteiger partial charge in [0.1, 0.15) is 5.82 Å². The molecule has 2 aromatic rings. The van der Waals surface area contributed by atoms with Crippen molar-refractivity contribution < 1.29 is 9.59 Å². The van der Waals surface area contributed by atoms with Gasteiger partial charge in [-0.3, -0.25) is 9.59 Å². The van der Waals surface area contributed by atoms with E-state index in [0.29, 0.717) is 29.4 Å². The molecule has 2 amide bonds. The summed E-state index contributed by atoms with van der Waals surface area (Å²) in [6.07, 6.45) is 2.20. The van der Waals surface area contributed by atoms with Crippen LogP contribution in [0.3, 0.4) is 0 Å². The van der Waals surface area contributed by atoms with Crippen molar-refractivity contribution >= 4 is 23.3 Å². The monoisotopic (exact) mass is 326 g/mol. The molecule has 6 heteroatoms. The van der Waals surface area contributed by atoms with Gasteiger partial charge in [-0.1, -0.05) is 26.0 Å². The summed E-state index contributed by atoms with van der Waals surface area (Å²) in [5.74, 6) is 0.249. The van der Waals surface area contributed by atoms with Crippen LogP contribution >= 0.6 is 0 Å². The maximum Gasteiger partial charge on any atom is 0.256 e. The third kappa shape index (κ3) is 5.17. The first-order chi connectivity index (χ1) is 11.5. The van der Waals surface area contributed by atoms with Crippen LogP contribution in [0.2, 0.25) is 0 Å². The lowest BCUT2D eigenvalue weighted by molar-refractivity contribution is -0.117. The lowest BCUT2D eigenvalue weighted by Gasteiger charge is -2.14. The van der Waals surface area contributed by atoms with E-state index in [1.807, 2.05) is 13.8 Å². The number of anilines is 2. The number of nitrogens with zero attached hydrogens (tertiary/aromatic N) is 1. The summed E-state index contributed by atoms with van der Waals surface area (Å²) < 4.78 is 0. The van der Waals surface area contributed by atoms with Crippen LogP contribution in [0.4, 0.5) is 11.5 Å². The maximum atomic E-state index is 12.2. The largest absolute Gasteiger partial charge is 0.325 e. The molecule has 0 aliphatic heterocycles. The first-order valence-electron chi connectivity index (χ1n) is 7.84. The SMILES string of the molecule is CC(C)C[C@H](N)C(=O)Nc1cccc(C(=O)Nc2ccccn2)c1. The van der Waals surface area contributed by atoms with Crippen molar-refractivity contribution in [3.05, 3.63) is 54.2 Å². The second-order valence-corrected chi connectivity index (χ2v) is 5.98. The Morgan fingerprint density at radius 2 is 1.92 bits per heavy atom. The smallest absolute Gasteiger partial charge is 0.256 e. The van der Waals surface area contributed by atoms with Crippen LogP contribution in [-0.4, -0.2) is 22.8 Å². The fourth-order valence-corrected chi connectivity index (χ4v) is 2.21. The van der Waals surface area contributed by atoms with Gasteiger partial charge in [-0.15, -0.1) is 0 Å². The van der Waals surface area contributed by atoms with E-state index in [1.165, 1.54) is 0 Å². The first kappa shape index (κ1) is 17.6. The van der Waals surface area contributed by atoms with E-state index in [9.17, 15) is 9.59 Å². The molecule has 1 atom stereocenters. The Kier molecular flexibility index (Phi) is 6.03. The highest BCUT2D eigenvalue weighted by Gasteiger charge is 2.15. The Morgan fingerprint density at radius 3 is 2.58 bits per heavy atom. The minimum absolute atomic E-state index is 0.258. The Hall–Kier alpha value is -2.73. The van der Waals surface area contributed by atoms with Crippen molar-refractivity contribution in [3.8, 4) is 0 Å². The van der Waals surface area contributed by atoms with Gasteiger partial charge >= 0.3 is 0 Å². The Balaban J connectivity index is 2.03. The van der Waals surface area contributed by atoms with Crippen molar-refractivity contribution in [2.45, 2.75) is 26.3 Å². The highest BCUT2D eigenvalue weighted by atomic mass is 16.2. The maximum absolute atomic E-state index is 12.2. The average molecular weight is 326 g/mol. The molecule has 0 aliphatic carbocycles. The molecule has 0 radical (unpaired) electrons. The van der Waals surface area contributed by atoms with Crippen LogP contribution in [0.25, 0.3) is 0 Å². The van der Waals surface area contributed by atoms with Crippen molar-refractivity contribution in [2.75, 3.05) is 10.6 Å². The van der Waals surface area contributed by atoms with E-state index in [2.05, 4.69) is 15.6 Å². The second-order valence-electron chi connectivity index (χ2n) is 5.98. The van der Waals surface area contributed by atoms with Crippen LogP contribution in [-0.2, 0) is 4.79 Å². The third-order valence-electron chi connectivity index (χ3n) is 3.36. The van der Waals surface area contributed by atoms with Crippen LogP contribution in [0.5, 0.6) is 0 Å². The highest BCUT2D eigenvalue weighted by Crippen LogP contribution is 2.14. The molecule has 4 N–H and O–H groups in total. The molecule has 0 spiro atoms. The number of pyridine rings is 1. The van der Waals surface area contributed by atoms with E-state index >= 15 is 0 Å². The molecular weight excluding hydrogens is 304 g/mol. The summed E-state index contributed by atoms with van der Waals surface area (Å²) in [6.45, 7) is 4.02. The molecule has 0 aliphatic rings. The van der Waals surface area contributed by atoms with Crippen LogP contribution in [0.1, 0.15) is 30.6 Å². The number of rotatable bonds is 6. The fraction of sp³-hybridized carbons (Fsp3) is 0.278. The summed E-state index contributed by atoms with van der Waals surface area (Å²) in [5.41, 5.74) is 6.83. The quantitative estimate of drug-likeness (QED) is 0.760. The predicted molar refractivity (Wildman–Crippen MR) is 94.7 cm³/mol. The van der Waals surface area contributed by atoms with E-state index < -0.39 is 6.04 Å². The Labute approximate surface area is 141 Å². The molecule has 1 aromatic carbocycles. The molecular formula is C18H22N4O2. The first-order valence-corrected chi connectivity index (χ1v) is 7.84. The number of aromatic nitrogens is 1. The zero-order valence-corrected chi connectivity index (χ0v) is 13.8. The lowest BCUT2D eigenvalue weighted by Crippen LogP contribution is -2.36. The number of nitrogens with one attached hydrogen (secondary N) is 2. The summed E-state index contributed by atoms with van der Waals surface area (Å²) in [5, 5.41) is 5.45. The molecule has 1 heterocycles. The third-order valence-corrected chi connectivity index (χ3v) is 3.36. The summed E-state index contributed by atoms with van der Waals surface area (Å²) in [4.78, 5) is 28.4. The second kappa shape index (κ2) is 8.21. The lowest BCUT2D eigenvalue weighted by atomic mass is 10.0. The van der Waals surface area contributed by atoms with E-state index in [-0.39, 0.29) is 11.8 Å². The molecule has 24 heavy (non-hydrogen) atoms. The van der Waals surface area contributed by atoms with E-state index in [1.54, 1.807) is 48.7 Å². The van der Waals surface area contributed by atoms with Crippen molar-refractivity contribution in [3.63, 3.8) is 0 Å². The Bertz CT molecular complexity index is 701. The van der Waals surface area contributed by atoms with E-state index in [4.69, 9.17) is 5.73 Å². The van der Waals surface area contributed by atoms with Gasteiger partial charge in [-0.05, 0) is 42.7 Å². The number of carbonyl (C=O) groups excluding carboxylic acids is 2. The average Bonchev–Trinajstić information content (AvgIpc) is 2.55. The van der Waals surface area contributed by atoms with Crippen molar-refractivity contribution in [2.24, 2.45) is 11.7 Å². The fourth-order valence-electron chi connectivity index (χ4n) is 2.21. The molecule has 2 rings (SSSR count). The summed E-state index contributed by atoms with van der Waals surface area (Å²) in [6, 6.07) is 11.4. The topological polar surface area (TPSA) is 97.1 Å². The molecule has 0 bridgehead atoms. The number of carbonyl (C=O) groups is 2. The number of benzene rings is 1. The van der Waals surface area contributed by atoms with Gasteiger partial charge in [-0.2, -0.15) is 0 Å². The van der Waals surface area contributed by atoms with Crippen LogP contribution in [0.15, 0.2) is 48.7 Å². The summed E-state index contributed by atoms with van der Waals surface area (Å²) >= 11 is 0. The minimum Gasteiger partial charge on any atom is -0.325 e. The Morgan fingerprint density at radius 1 is 1.12 bits per heavy atom. The number of hydrogen-bond donors (Lipinski definition) is 3. The summed E-state index contributed by atoms with van der Waals surface area (Å²) in [7, 11) is 0. The molecule has 126 valence electrons. The minimum atomic E-state index is -0.573. The molecule has 0 saturated heterocycles. The van der Waals surface area contributed by atoms with Crippen molar-refractivity contribution in [1.82, 2.24) is 4.98 Å². The predicted octanol–water partition coefficient (Wildman–Crippen LogP) is 2.65. The van der Waals surface area contributed by atoms with Gasteiger partial charge in [0.2, 0.25) is 5.91 Å². The molecule has 0 unspecified atom stereocenters. The van der Waals surface area contributed by atoms with Gasteiger partial charge < -0.3 is 16.4 Å². The van der Waals surface area contributed by atoms with Gasteiger partial charge in [0.05, 0.1) is 6.04 Å². The van der Waals surface area contributed by atoms with Crippen molar-refractivity contribution in [1.29, 1.82) is 0 Å². The van der Waals surface area contributed by atoms with Gasteiger partial charge in [0, 0.05) is 17.4 Å². The van der Waals surface area contributed by atoms with Gasteiger partial charge in [0.25, 0.3) is 5.91 Å². The van der Waals surface area contributed by atoms with Gasteiger partial charge in [-0.25, -0.2) is 4.98 Å². The molecule has 1 aromatic heterocycles. The van der Waals surface area contributed by atoms with Crippen LogP contribution in [0, 0.1) is 5.92 Å². The number of nitrogens with two attached hydrogens (primary N) is 1. The zero-order chi connectivity index (χ0) is 17.5. The molecule has 0 fully saturated rings. The van der Waals surface area contributed by atoms with Crippen LogP contribution < -0.4 is 16.4 Å². The molecule has 6 nitrogen and oxygen atoms in total. The number of amides is 2. The highest BCUT2D eigenvalue weighted by molar-refractivity contribution is 6.05. The van der Waals surface area contributed by atoms with Gasteiger partial charge in [0.15, 0.2) is 0 Å². The zero-order valence-electron chi connectivity index (χ0n) is 13.8. The van der Waals surface area contributed by atoms with E-state index in [0.717, 1.165) is 0 Å². The number of hydrogen-bond acceptors (Lipinski definition) is 4.